The van der Waals surface area contributed by atoms with Crippen LogP contribution in [0.3, 0.4) is 0 Å². The highest BCUT2D eigenvalue weighted by atomic mass is 35.5. The first-order chi connectivity index (χ1) is 7.58. The SMILES string of the molecule is CC(C)=CCCC1=CCC(CC(=O)Cl)CC1. The molecule has 0 amide bonds. The van der Waals surface area contributed by atoms with Crippen molar-refractivity contribution in [3.05, 3.63) is 23.3 Å². The summed E-state index contributed by atoms with van der Waals surface area (Å²) < 4.78 is 0. The molecule has 0 N–H and O–H groups in total. The lowest BCUT2D eigenvalue weighted by molar-refractivity contribution is -0.112. The van der Waals surface area contributed by atoms with Gasteiger partial charge in [0.1, 0.15) is 0 Å². The van der Waals surface area contributed by atoms with Crippen molar-refractivity contribution in [2.75, 3.05) is 0 Å². The van der Waals surface area contributed by atoms with E-state index in [9.17, 15) is 4.79 Å². The Balaban J connectivity index is 2.29. The van der Waals surface area contributed by atoms with E-state index in [0.29, 0.717) is 12.3 Å². The summed E-state index contributed by atoms with van der Waals surface area (Å²) in [6.45, 7) is 4.27. The Morgan fingerprint density at radius 2 is 2.31 bits per heavy atom. The molecule has 0 aromatic carbocycles. The summed E-state index contributed by atoms with van der Waals surface area (Å²) >= 11 is 5.40. The van der Waals surface area contributed by atoms with E-state index >= 15 is 0 Å². The van der Waals surface area contributed by atoms with Crippen LogP contribution in [0.5, 0.6) is 0 Å². The first kappa shape index (κ1) is 13.5. The van der Waals surface area contributed by atoms with Crippen molar-refractivity contribution in [1.82, 2.24) is 0 Å². The molecule has 2 heteroatoms. The van der Waals surface area contributed by atoms with Crippen LogP contribution in [0.4, 0.5) is 0 Å². The second kappa shape index (κ2) is 6.90. The van der Waals surface area contributed by atoms with E-state index in [4.69, 9.17) is 11.6 Å². The second-order valence-electron chi connectivity index (χ2n) is 4.88. The van der Waals surface area contributed by atoms with Crippen molar-refractivity contribution in [3.63, 3.8) is 0 Å². The highest BCUT2D eigenvalue weighted by molar-refractivity contribution is 6.63. The smallest absolute Gasteiger partial charge is 0.221 e. The number of hydrogen-bond acceptors (Lipinski definition) is 1. The zero-order valence-corrected chi connectivity index (χ0v) is 11.0. The Morgan fingerprint density at radius 3 is 2.81 bits per heavy atom. The molecule has 0 fully saturated rings. The van der Waals surface area contributed by atoms with Crippen LogP contribution in [0.2, 0.25) is 0 Å². The maximum atomic E-state index is 10.8. The molecule has 0 heterocycles. The van der Waals surface area contributed by atoms with Crippen molar-refractivity contribution in [3.8, 4) is 0 Å². The topological polar surface area (TPSA) is 17.1 Å². The molecule has 1 aliphatic rings. The molecular weight excluding hydrogens is 220 g/mol. The first-order valence-corrected chi connectivity index (χ1v) is 6.45. The van der Waals surface area contributed by atoms with Crippen molar-refractivity contribution in [1.29, 1.82) is 0 Å². The molecule has 90 valence electrons. The molecule has 0 aliphatic heterocycles. The Morgan fingerprint density at radius 1 is 1.56 bits per heavy atom. The summed E-state index contributed by atoms with van der Waals surface area (Å²) in [5.74, 6) is 0.484. The molecule has 1 aliphatic carbocycles. The fourth-order valence-corrected chi connectivity index (χ4v) is 2.35. The third kappa shape index (κ3) is 5.50. The van der Waals surface area contributed by atoms with E-state index in [1.165, 1.54) is 12.0 Å². The maximum absolute atomic E-state index is 10.8. The third-order valence-corrected chi connectivity index (χ3v) is 3.24. The Kier molecular flexibility index (Phi) is 5.83. The van der Waals surface area contributed by atoms with E-state index in [-0.39, 0.29) is 5.24 Å². The lowest BCUT2D eigenvalue weighted by atomic mass is 9.86. The molecule has 0 saturated heterocycles. The number of halogens is 1. The van der Waals surface area contributed by atoms with Crippen molar-refractivity contribution in [2.45, 2.75) is 52.4 Å². The molecule has 0 spiro atoms. The van der Waals surface area contributed by atoms with Gasteiger partial charge in [-0.05, 0) is 63.5 Å². The van der Waals surface area contributed by atoms with Gasteiger partial charge < -0.3 is 0 Å². The fraction of sp³-hybridized carbons (Fsp3) is 0.643. The summed E-state index contributed by atoms with van der Waals surface area (Å²) in [6, 6.07) is 0. The van der Waals surface area contributed by atoms with Gasteiger partial charge in [-0.3, -0.25) is 4.79 Å². The van der Waals surface area contributed by atoms with Gasteiger partial charge in [0.15, 0.2) is 0 Å². The molecule has 0 bridgehead atoms. The number of carbonyl (C=O) groups is 1. The summed E-state index contributed by atoms with van der Waals surface area (Å²) in [6.07, 6.45) is 10.8. The second-order valence-corrected chi connectivity index (χ2v) is 5.30. The van der Waals surface area contributed by atoms with Gasteiger partial charge in [0.2, 0.25) is 5.24 Å². The van der Waals surface area contributed by atoms with Crippen LogP contribution in [0, 0.1) is 5.92 Å². The normalized spacial score (nSPS) is 20.2. The Hall–Kier alpha value is -0.560. The van der Waals surface area contributed by atoms with Crippen molar-refractivity contribution in [2.24, 2.45) is 5.92 Å². The molecule has 1 rings (SSSR count). The minimum atomic E-state index is -0.189. The van der Waals surface area contributed by atoms with Gasteiger partial charge in [-0.15, -0.1) is 0 Å². The molecule has 16 heavy (non-hydrogen) atoms. The minimum absolute atomic E-state index is 0.189. The van der Waals surface area contributed by atoms with Crippen LogP contribution in [0.1, 0.15) is 52.4 Å². The largest absolute Gasteiger partial charge is 0.281 e. The predicted octanol–water partition coefficient (Wildman–Crippen LogP) is 4.61. The first-order valence-electron chi connectivity index (χ1n) is 6.07. The fourth-order valence-electron chi connectivity index (χ4n) is 2.13. The molecule has 0 saturated carbocycles. The van der Waals surface area contributed by atoms with E-state index < -0.39 is 0 Å². The Bertz CT molecular complexity index is 298. The van der Waals surface area contributed by atoms with Gasteiger partial charge in [0.05, 0.1) is 0 Å². The third-order valence-electron chi connectivity index (χ3n) is 3.08. The molecule has 0 aromatic rings. The molecule has 0 radical (unpaired) electrons. The lowest BCUT2D eigenvalue weighted by Crippen LogP contribution is -2.08. The van der Waals surface area contributed by atoms with E-state index in [0.717, 1.165) is 25.7 Å². The van der Waals surface area contributed by atoms with Crippen molar-refractivity contribution >= 4 is 16.8 Å². The van der Waals surface area contributed by atoms with Crippen LogP contribution in [0.25, 0.3) is 0 Å². The predicted molar refractivity (Wildman–Crippen MR) is 69.6 cm³/mol. The molecule has 0 aromatic heterocycles. The standard InChI is InChI=1S/C14H21ClO/c1-11(2)4-3-5-12-6-8-13(9-7-12)10-14(15)16/h4,6,13H,3,5,7-10H2,1-2H3. The summed E-state index contributed by atoms with van der Waals surface area (Å²) in [5, 5.41) is -0.189. The van der Waals surface area contributed by atoms with Crippen LogP contribution in [-0.2, 0) is 4.79 Å². The zero-order chi connectivity index (χ0) is 12.0. The van der Waals surface area contributed by atoms with Crippen LogP contribution < -0.4 is 0 Å². The average Bonchev–Trinajstić information content (AvgIpc) is 2.19. The summed E-state index contributed by atoms with van der Waals surface area (Å²) in [4.78, 5) is 10.8. The number of hydrogen-bond donors (Lipinski definition) is 0. The highest BCUT2D eigenvalue weighted by Crippen LogP contribution is 2.28. The van der Waals surface area contributed by atoms with E-state index in [1.54, 1.807) is 5.57 Å². The number of carbonyl (C=O) groups excluding carboxylic acids is 1. The molecule has 1 atom stereocenters. The molecular formula is C14H21ClO. The van der Waals surface area contributed by atoms with Gasteiger partial charge in [-0.1, -0.05) is 23.3 Å². The van der Waals surface area contributed by atoms with Gasteiger partial charge in [-0.2, -0.15) is 0 Å². The van der Waals surface area contributed by atoms with Gasteiger partial charge in [0.25, 0.3) is 0 Å². The molecule has 1 nitrogen and oxygen atoms in total. The van der Waals surface area contributed by atoms with E-state index in [1.807, 2.05) is 0 Å². The van der Waals surface area contributed by atoms with Gasteiger partial charge in [-0.25, -0.2) is 0 Å². The monoisotopic (exact) mass is 240 g/mol. The van der Waals surface area contributed by atoms with Crippen LogP contribution >= 0.6 is 11.6 Å². The van der Waals surface area contributed by atoms with Crippen LogP contribution in [0.15, 0.2) is 23.3 Å². The zero-order valence-electron chi connectivity index (χ0n) is 10.3. The van der Waals surface area contributed by atoms with Crippen molar-refractivity contribution < 1.29 is 4.79 Å². The quantitative estimate of drug-likeness (QED) is 0.507. The van der Waals surface area contributed by atoms with E-state index in [2.05, 4.69) is 26.0 Å². The summed E-state index contributed by atoms with van der Waals surface area (Å²) in [5.41, 5.74) is 2.94. The van der Waals surface area contributed by atoms with Gasteiger partial charge >= 0.3 is 0 Å². The average molecular weight is 241 g/mol. The maximum Gasteiger partial charge on any atom is 0.221 e. The highest BCUT2D eigenvalue weighted by Gasteiger charge is 2.16. The number of rotatable bonds is 5. The van der Waals surface area contributed by atoms with Gasteiger partial charge in [0, 0.05) is 6.42 Å². The summed E-state index contributed by atoms with van der Waals surface area (Å²) in [7, 11) is 0. The lowest BCUT2D eigenvalue weighted by Gasteiger charge is -2.20. The minimum Gasteiger partial charge on any atom is -0.281 e. The molecule has 1 unspecified atom stereocenters. The van der Waals surface area contributed by atoms with Crippen LogP contribution in [-0.4, -0.2) is 5.24 Å². The Labute approximate surface area is 104 Å². The number of allylic oxidation sites excluding steroid dienone is 4.